The Morgan fingerprint density at radius 3 is 2.39 bits per heavy atom. The molecule has 1 unspecified atom stereocenters. The maximum absolute atomic E-state index is 13.6. The summed E-state index contributed by atoms with van der Waals surface area (Å²) in [5.74, 6) is -0.740. The number of hydrogen-bond donors (Lipinski definition) is 3. The third-order valence-electron chi connectivity index (χ3n) is 7.33. The number of hydrogen-bond acceptors (Lipinski definition) is 7. The molecular formula is C26H31BF6N4O4. The number of nitrogens with zero attached hydrogens (tertiary/aromatic N) is 2. The van der Waals surface area contributed by atoms with Crippen LogP contribution in [0.3, 0.4) is 0 Å². The van der Waals surface area contributed by atoms with Crippen molar-refractivity contribution in [1.29, 1.82) is 0 Å². The van der Waals surface area contributed by atoms with Crippen LogP contribution in [0.1, 0.15) is 65.8 Å². The summed E-state index contributed by atoms with van der Waals surface area (Å²) in [7, 11) is 0.455. The van der Waals surface area contributed by atoms with E-state index in [0.29, 0.717) is 19.2 Å². The lowest BCUT2D eigenvalue weighted by atomic mass is 9.63. The molecule has 0 bridgehead atoms. The van der Waals surface area contributed by atoms with Gasteiger partial charge in [-0.15, -0.1) is 0 Å². The molecule has 2 aromatic rings. The van der Waals surface area contributed by atoms with Crippen molar-refractivity contribution in [2.75, 3.05) is 18.5 Å². The smallest absolute Gasteiger partial charge is 0.380 e. The highest BCUT2D eigenvalue weighted by atomic mass is 19.4. The van der Waals surface area contributed by atoms with Crippen LogP contribution in [-0.2, 0) is 26.9 Å². The standard InChI is InChI=1S/C26H31BF6N4O4/c1-4-27-21(16-6-5-7-17(13(16)2)25(28,29)30)37-22-20(23-40-8-9-41-23)18(34-14(3)35-22)10-19(38)36-15-11-24(39,12-15)26(31,32)33/h5-7,15,21,23,27,39H,4,8-12H2,1-3H3,(H,36,38)(H,34,35,37). The molecule has 2 aliphatic rings. The van der Waals surface area contributed by atoms with Crippen molar-refractivity contribution < 1.29 is 45.7 Å². The van der Waals surface area contributed by atoms with Crippen molar-refractivity contribution in [2.45, 2.75) is 82.6 Å². The highest BCUT2D eigenvalue weighted by molar-refractivity contribution is 6.38. The number of aliphatic hydroxyl groups is 1. The lowest BCUT2D eigenvalue weighted by Gasteiger charge is -2.44. The molecule has 1 aromatic heterocycles. The second-order valence-corrected chi connectivity index (χ2v) is 10.4. The zero-order chi connectivity index (χ0) is 30.2. The van der Waals surface area contributed by atoms with Crippen molar-refractivity contribution >= 4 is 19.0 Å². The number of rotatable bonds is 9. The number of benzene rings is 1. The molecule has 1 saturated heterocycles. The number of alkyl halides is 6. The van der Waals surface area contributed by atoms with Crippen molar-refractivity contribution in [3.05, 3.63) is 52.0 Å². The lowest BCUT2D eigenvalue weighted by molar-refractivity contribution is -0.291. The van der Waals surface area contributed by atoms with Gasteiger partial charge in [0.2, 0.25) is 5.91 Å². The number of anilines is 1. The number of carbonyl (C=O) groups excluding carboxylic acids is 1. The summed E-state index contributed by atoms with van der Waals surface area (Å²) >= 11 is 0. The zero-order valence-corrected chi connectivity index (χ0v) is 22.7. The first-order valence-electron chi connectivity index (χ1n) is 13.2. The summed E-state index contributed by atoms with van der Waals surface area (Å²) in [6, 6.07) is 3.12. The molecule has 1 aliphatic carbocycles. The van der Waals surface area contributed by atoms with Gasteiger partial charge in [-0.1, -0.05) is 25.4 Å². The fourth-order valence-electron chi connectivity index (χ4n) is 5.27. The van der Waals surface area contributed by atoms with Gasteiger partial charge in [-0.3, -0.25) is 4.79 Å². The van der Waals surface area contributed by atoms with Gasteiger partial charge in [0.05, 0.1) is 36.5 Å². The van der Waals surface area contributed by atoms with Gasteiger partial charge in [-0.2, -0.15) is 26.3 Å². The molecule has 0 radical (unpaired) electrons. The molecular weight excluding hydrogens is 557 g/mol. The topological polar surface area (TPSA) is 106 Å². The monoisotopic (exact) mass is 588 g/mol. The van der Waals surface area contributed by atoms with E-state index in [0.717, 1.165) is 6.07 Å². The Labute approximate surface area is 233 Å². The van der Waals surface area contributed by atoms with Crippen LogP contribution in [0, 0.1) is 13.8 Å². The highest BCUT2D eigenvalue weighted by Crippen LogP contribution is 2.45. The quantitative estimate of drug-likeness (QED) is 0.297. The van der Waals surface area contributed by atoms with E-state index in [-0.39, 0.29) is 48.1 Å². The van der Waals surface area contributed by atoms with Gasteiger partial charge in [0.1, 0.15) is 11.6 Å². The third-order valence-corrected chi connectivity index (χ3v) is 7.33. The average Bonchev–Trinajstić information content (AvgIpc) is 3.35. The summed E-state index contributed by atoms with van der Waals surface area (Å²) in [4.78, 5) is 21.7. The van der Waals surface area contributed by atoms with Crippen LogP contribution >= 0.6 is 0 Å². The van der Waals surface area contributed by atoms with Crippen LogP contribution in [0.4, 0.5) is 32.2 Å². The minimum atomic E-state index is -4.80. The van der Waals surface area contributed by atoms with E-state index in [1.807, 2.05) is 6.92 Å². The number of ether oxygens (including phenoxy) is 2. The minimum Gasteiger partial charge on any atom is -0.380 e. The van der Waals surface area contributed by atoms with Crippen molar-refractivity contribution in [1.82, 2.24) is 15.3 Å². The molecule has 8 nitrogen and oxygen atoms in total. The Morgan fingerprint density at radius 1 is 1.15 bits per heavy atom. The molecule has 1 aromatic carbocycles. The fraction of sp³-hybridized carbons (Fsp3) is 0.577. The molecule has 224 valence electrons. The van der Waals surface area contributed by atoms with Crippen molar-refractivity contribution in [3.8, 4) is 0 Å². The Bertz CT molecular complexity index is 1260. The van der Waals surface area contributed by atoms with E-state index in [4.69, 9.17) is 9.47 Å². The van der Waals surface area contributed by atoms with Gasteiger partial charge in [0.25, 0.3) is 0 Å². The Kier molecular flexibility index (Phi) is 8.91. The van der Waals surface area contributed by atoms with Gasteiger partial charge in [-0.25, -0.2) is 9.97 Å². The van der Waals surface area contributed by atoms with E-state index in [1.54, 1.807) is 13.0 Å². The minimum absolute atomic E-state index is 0.0746. The van der Waals surface area contributed by atoms with E-state index in [2.05, 4.69) is 20.6 Å². The van der Waals surface area contributed by atoms with E-state index >= 15 is 0 Å². The number of aryl methyl sites for hydroxylation is 1. The van der Waals surface area contributed by atoms with Gasteiger partial charge in [0.15, 0.2) is 19.2 Å². The summed E-state index contributed by atoms with van der Waals surface area (Å²) in [5.41, 5.74) is -2.59. The maximum Gasteiger partial charge on any atom is 0.417 e. The molecule has 1 atom stereocenters. The zero-order valence-electron chi connectivity index (χ0n) is 22.7. The molecule has 41 heavy (non-hydrogen) atoms. The SMILES string of the molecule is CCBC(Nc1nc(C)nc(CC(=O)NC2CC(O)(C(F)(F)F)C2)c1C1OCCO1)c1cccc(C(F)(F)F)c1C. The van der Waals surface area contributed by atoms with E-state index in [1.165, 1.54) is 13.0 Å². The van der Waals surface area contributed by atoms with E-state index < -0.39 is 60.5 Å². The van der Waals surface area contributed by atoms with Crippen LogP contribution in [0.5, 0.6) is 0 Å². The largest absolute Gasteiger partial charge is 0.417 e. The second kappa shape index (κ2) is 11.8. The first-order valence-corrected chi connectivity index (χ1v) is 13.2. The molecule has 1 aliphatic heterocycles. The predicted molar refractivity (Wildman–Crippen MR) is 137 cm³/mol. The molecule has 4 rings (SSSR count). The maximum atomic E-state index is 13.6. The number of amides is 1. The van der Waals surface area contributed by atoms with Crippen LogP contribution in [0.15, 0.2) is 18.2 Å². The first kappa shape index (κ1) is 31.0. The van der Waals surface area contributed by atoms with Gasteiger partial charge >= 0.3 is 12.4 Å². The Balaban J connectivity index is 1.63. The second-order valence-electron chi connectivity index (χ2n) is 10.4. The Hall–Kier alpha value is -2.91. The Morgan fingerprint density at radius 2 is 1.80 bits per heavy atom. The average molecular weight is 588 g/mol. The normalized spacial score (nSPS) is 22.2. The third kappa shape index (κ3) is 6.78. The van der Waals surface area contributed by atoms with Crippen molar-refractivity contribution in [3.63, 3.8) is 0 Å². The summed E-state index contributed by atoms with van der Waals surface area (Å²) < 4.78 is 91.2. The van der Waals surface area contributed by atoms with E-state index in [9.17, 15) is 36.2 Å². The number of nitrogens with one attached hydrogen (secondary N) is 2. The van der Waals surface area contributed by atoms with Crippen LogP contribution < -0.4 is 10.6 Å². The first-order chi connectivity index (χ1) is 19.1. The number of aromatic nitrogens is 2. The van der Waals surface area contributed by atoms with Crippen LogP contribution in [0.25, 0.3) is 0 Å². The molecule has 1 amide bonds. The molecule has 3 N–H and O–H groups in total. The van der Waals surface area contributed by atoms with Crippen molar-refractivity contribution in [2.24, 2.45) is 0 Å². The predicted octanol–water partition coefficient (Wildman–Crippen LogP) is 4.26. The highest BCUT2D eigenvalue weighted by Gasteiger charge is 2.61. The molecule has 2 heterocycles. The summed E-state index contributed by atoms with van der Waals surface area (Å²) in [5, 5.41) is 15.4. The summed E-state index contributed by atoms with van der Waals surface area (Å²) in [6.07, 6.45) is -11.3. The van der Waals surface area contributed by atoms with Gasteiger partial charge in [0, 0.05) is 24.8 Å². The molecule has 1 saturated carbocycles. The molecule has 15 heteroatoms. The fourth-order valence-corrected chi connectivity index (χ4v) is 5.27. The lowest BCUT2D eigenvalue weighted by Crippen LogP contribution is -2.62. The van der Waals surface area contributed by atoms with Crippen LogP contribution in [-0.4, -0.2) is 59.3 Å². The van der Waals surface area contributed by atoms with Gasteiger partial charge in [-0.05, 0) is 31.0 Å². The van der Waals surface area contributed by atoms with Crippen LogP contribution in [0.2, 0.25) is 6.32 Å². The molecule has 2 fully saturated rings. The molecule has 0 spiro atoms. The number of halogens is 6. The summed E-state index contributed by atoms with van der Waals surface area (Å²) in [6.45, 7) is 5.36. The number of carbonyl (C=O) groups is 1. The van der Waals surface area contributed by atoms with Gasteiger partial charge < -0.3 is 25.2 Å².